The molecule has 30 heavy (non-hydrogen) atoms. The van der Waals surface area contributed by atoms with Crippen molar-refractivity contribution in [1.29, 1.82) is 0 Å². The standard InChI is InChI=1S/C24H31ClN2O3/c1-4-18(15-23(28)29)21-7-5-6-8-22(21)27-13-14-30-16-24(27,17(2)3)26-20-11-9-19(25)10-12-20/h5-12,17-18,26H,4,13-16H2,1-3H3,(H,28,29)/t18?,24-/m1/s1. The van der Waals surface area contributed by atoms with E-state index in [1.165, 1.54) is 0 Å². The van der Waals surface area contributed by atoms with Gasteiger partial charge in [-0.15, -0.1) is 0 Å². The smallest absolute Gasteiger partial charge is 0.303 e. The fourth-order valence-electron chi connectivity index (χ4n) is 4.27. The van der Waals surface area contributed by atoms with Crippen molar-refractivity contribution in [3.05, 3.63) is 59.1 Å². The number of carboxylic acid groups (broad SMARTS) is 1. The lowest BCUT2D eigenvalue weighted by Crippen LogP contribution is -2.65. The van der Waals surface area contributed by atoms with E-state index in [9.17, 15) is 9.90 Å². The second kappa shape index (κ2) is 9.71. The molecule has 0 spiro atoms. The number of hydrogen-bond donors (Lipinski definition) is 2. The Bertz CT molecular complexity index is 856. The van der Waals surface area contributed by atoms with Gasteiger partial charge in [-0.05, 0) is 54.2 Å². The molecule has 162 valence electrons. The predicted molar refractivity (Wildman–Crippen MR) is 123 cm³/mol. The minimum Gasteiger partial charge on any atom is -0.481 e. The summed E-state index contributed by atoms with van der Waals surface area (Å²) in [6.07, 6.45) is 0.893. The first-order valence-electron chi connectivity index (χ1n) is 10.6. The molecule has 1 fully saturated rings. The third-order valence-electron chi connectivity index (χ3n) is 6.00. The molecule has 6 heteroatoms. The lowest BCUT2D eigenvalue weighted by molar-refractivity contribution is -0.137. The molecule has 1 saturated heterocycles. The second-order valence-electron chi connectivity index (χ2n) is 8.18. The Morgan fingerprint density at radius 3 is 2.57 bits per heavy atom. The van der Waals surface area contributed by atoms with Gasteiger partial charge in [-0.3, -0.25) is 4.79 Å². The van der Waals surface area contributed by atoms with Crippen LogP contribution in [0.15, 0.2) is 48.5 Å². The first-order valence-corrected chi connectivity index (χ1v) is 10.9. The summed E-state index contributed by atoms with van der Waals surface area (Å²) >= 11 is 6.08. The molecule has 0 saturated carbocycles. The van der Waals surface area contributed by atoms with Gasteiger partial charge in [0.1, 0.15) is 5.66 Å². The van der Waals surface area contributed by atoms with Crippen LogP contribution in [0.1, 0.15) is 45.1 Å². The molecule has 0 radical (unpaired) electrons. The van der Waals surface area contributed by atoms with E-state index in [0.717, 1.165) is 29.9 Å². The number of nitrogens with one attached hydrogen (secondary N) is 1. The van der Waals surface area contributed by atoms with Crippen molar-refractivity contribution in [2.24, 2.45) is 5.92 Å². The van der Waals surface area contributed by atoms with Crippen molar-refractivity contribution in [2.45, 2.75) is 45.2 Å². The number of anilines is 2. The Morgan fingerprint density at radius 2 is 1.93 bits per heavy atom. The van der Waals surface area contributed by atoms with Crippen molar-refractivity contribution in [3.8, 4) is 0 Å². The first-order chi connectivity index (χ1) is 14.4. The fourth-order valence-corrected chi connectivity index (χ4v) is 4.40. The molecule has 5 nitrogen and oxygen atoms in total. The van der Waals surface area contributed by atoms with E-state index in [1.54, 1.807) is 0 Å². The molecule has 2 atom stereocenters. The number of halogens is 1. The average molecular weight is 431 g/mol. The Balaban J connectivity index is 2.05. The minimum absolute atomic E-state index is 0.0399. The van der Waals surface area contributed by atoms with Crippen molar-refractivity contribution in [3.63, 3.8) is 0 Å². The van der Waals surface area contributed by atoms with Crippen molar-refractivity contribution in [1.82, 2.24) is 0 Å². The van der Waals surface area contributed by atoms with Gasteiger partial charge in [-0.25, -0.2) is 0 Å². The van der Waals surface area contributed by atoms with E-state index < -0.39 is 11.6 Å². The lowest BCUT2D eigenvalue weighted by atomic mass is 9.87. The van der Waals surface area contributed by atoms with Crippen LogP contribution in [0.5, 0.6) is 0 Å². The maximum Gasteiger partial charge on any atom is 0.303 e. The number of rotatable bonds is 8. The van der Waals surface area contributed by atoms with Crippen LogP contribution in [0.4, 0.5) is 11.4 Å². The molecule has 2 aromatic rings. The maximum atomic E-state index is 11.5. The normalized spacial score (nSPS) is 20.2. The van der Waals surface area contributed by atoms with Crippen LogP contribution in [0.25, 0.3) is 0 Å². The van der Waals surface area contributed by atoms with Crippen molar-refractivity contribution >= 4 is 28.9 Å². The van der Waals surface area contributed by atoms with Crippen molar-refractivity contribution < 1.29 is 14.6 Å². The summed E-state index contributed by atoms with van der Waals surface area (Å²) in [4.78, 5) is 13.8. The van der Waals surface area contributed by atoms with Gasteiger partial charge in [0.05, 0.1) is 19.6 Å². The van der Waals surface area contributed by atoms with Gasteiger partial charge < -0.3 is 20.1 Å². The third kappa shape index (κ3) is 4.73. The number of benzene rings is 2. The molecule has 2 aromatic carbocycles. The molecular formula is C24H31ClN2O3. The zero-order valence-corrected chi connectivity index (χ0v) is 18.7. The van der Waals surface area contributed by atoms with Gasteiger partial charge >= 0.3 is 5.97 Å². The van der Waals surface area contributed by atoms with E-state index in [0.29, 0.717) is 18.2 Å². The van der Waals surface area contributed by atoms with Crippen molar-refractivity contribution in [2.75, 3.05) is 30.0 Å². The number of carboxylic acids is 1. The van der Waals surface area contributed by atoms with Gasteiger partial charge in [0.25, 0.3) is 0 Å². The number of para-hydroxylation sites is 1. The summed E-state index contributed by atoms with van der Waals surface area (Å²) in [6, 6.07) is 15.9. The summed E-state index contributed by atoms with van der Waals surface area (Å²) < 4.78 is 5.96. The average Bonchev–Trinajstić information content (AvgIpc) is 2.74. The molecule has 0 amide bonds. The highest BCUT2D eigenvalue weighted by atomic mass is 35.5. The molecule has 1 heterocycles. The van der Waals surface area contributed by atoms with Gasteiger partial charge in [0.15, 0.2) is 0 Å². The minimum atomic E-state index is -0.770. The van der Waals surface area contributed by atoms with Gasteiger partial charge in [-0.1, -0.05) is 50.6 Å². The Kier molecular flexibility index (Phi) is 7.27. The fraction of sp³-hybridized carbons (Fsp3) is 0.458. The molecule has 3 rings (SSSR count). The van der Waals surface area contributed by atoms with E-state index in [1.807, 2.05) is 43.3 Å². The summed E-state index contributed by atoms with van der Waals surface area (Å²) in [6.45, 7) is 8.28. The number of carbonyl (C=O) groups is 1. The van der Waals surface area contributed by atoms with Crippen LogP contribution in [-0.2, 0) is 9.53 Å². The zero-order valence-electron chi connectivity index (χ0n) is 17.9. The summed E-state index contributed by atoms with van der Waals surface area (Å²) in [5, 5.41) is 13.8. The highest BCUT2D eigenvalue weighted by Gasteiger charge is 2.44. The highest BCUT2D eigenvalue weighted by Crippen LogP contribution is 2.39. The van der Waals surface area contributed by atoms with E-state index >= 15 is 0 Å². The Morgan fingerprint density at radius 1 is 1.23 bits per heavy atom. The monoisotopic (exact) mass is 430 g/mol. The van der Waals surface area contributed by atoms with Gasteiger partial charge in [0.2, 0.25) is 0 Å². The SMILES string of the molecule is CCC(CC(=O)O)c1ccccc1N1CCOC[C@]1(Nc1ccc(Cl)cc1)C(C)C. The molecule has 0 aliphatic carbocycles. The number of nitrogens with zero attached hydrogens (tertiary/aromatic N) is 1. The first kappa shape index (κ1) is 22.4. The number of ether oxygens (including phenoxy) is 1. The molecule has 0 bridgehead atoms. The molecular weight excluding hydrogens is 400 g/mol. The number of morpholine rings is 1. The quantitative estimate of drug-likeness (QED) is 0.570. The second-order valence-corrected chi connectivity index (χ2v) is 8.61. The Hall–Kier alpha value is -2.24. The van der Waals surface area contributed by atoms with E-state index in [-0.39, 0.29) is 18.3 Å². The van der Waals surface area contributed by atoms with Crippen LogP contribution in [0.2, 0.25) is 5.02 Å². The number of aliphatic carboxylic acids is 1. The van der Waals surface area contributed by atoms with E-state index in [2.05, 4.69) is 36.2 Å². The molecule has 1 unspecified atom stereocenters. The maximum absolute atomic E-state index is 11.5. The molecule has 2 N–H and O–H groups in total. The van der Waals surface area contributed by atoms with Gasteiger partial charge in [0, 0.05) is 22.9 Å². The zero-order chi connectivity index (χ0) is 21.7. The molecule has 0 aromatic heterocycles. The van der Waals surface area contributed by atoms with E-state index in [4.69, 9.17) is 16.3 Å². The van der Waals surface area contributed by atoms with Crippen LogP contribution in [0, 0.1) is 5.92 Å². The molecule has 1 aliphatic heterocycles. The summed E-state index contributed by atoms with van der Waals surface area (Å²) in [5.74, 6) is -0.587. The topological polar surface area (TPSA) is 61.8 Å². The van der Waals surface area contributed by atoms with Gasteiger partial charge in [-0.2, -0.15) is 0 Å². The summed E-state index contributed by atoms with van der Waals surface area (Å²) in [5.41, 5.74) is 2.65. The summed E-state index contributed by atoms with van der Waals surface area (Å²) in [7, 11) is 0. The lowest BCUT2D eigenvalue weighted by Gasteiger charge is -2.52. The van der Waals surface area contributed by atoms with Crippen LogP contribution in [0.3, 0.4) is 0 Å². The molecule has 1 aliphatic rings. The largest absolute Gasteiger partial charge is 0.481 e. The van der Waals surface area contributed by atoms with Crippen LogP contribution in [-0.4, -0.2) is 36.5 Å². The number of hydrogen-bond acceptors (Lipinski definition) is 4. The highest BCUT2D eigenvalue weighted by molar-refractivity contribution is 6.30. The Labute approximate surface area is 184 Å². The third-order valence-corrected chi connectivity index (χ3v) is 6.26. The predicted octanol–water partition coefficient (Wildman–Crippen LogP) is 5.61. The van der Waals surface area contributed by atoms with Crippen LogP contribution >= 0.6 is 11.6 Å². The van der Waals surface area contributed by atoms with Crippen LogP contribution < -0.4 is 10.2 Å².